The number of carbonyl (C=O) groups is 1. The molecule has 4 rings (SSSR count). The average Bonchev–Trinajstić information content (AvgIpc) is 3.35. The highest BCUT2D eigenvalue weighted by molar-refractivity contribution is 5.74. The highest BCUT2D eigenvalue weighted by Gasteiger charge is 2.27. The first-order valence-electron chi connectivity index (χ1n) is 9.18. The Kier molecular flexibility index (Phi) is 5.14. The van der Waals surface area contributed by atoms with Gasteiger partial charge in [0.05, 0.1) is 11.6 Å². The van der Waals surface area contributed by atoms with E-state index in [1.807, 2.05) is 24.3 Å². The predicted molar refractivity (Wildman–Crippen MR) is 101 cm³/mol. The third-order valence-corrected chi connectivity index (χ3v) is 4.88. The number of nitrogens with zero attached hydrogens (tertiary/aromatic N) is 3. The van der Waals surface area contributed by atoms with Crippen molar-refractivity contribution in [1.82, 2.24) is 15.5 Å². The molecule has 0 fully saturated rings. The minimum absolute atomic E-state index is 0.0515. The molecule has 0 radical (unpaired) electrons. The second kappa shape index (κ2) is 7.91. The minimum Gasteiger partial charge on any atom is -0.433 e. The Morgan fingerprint density at radius 3 is 2.93 bits per heavy atom. The summed E-state index contributed by atoms with van der Waals surface area (Å²) in [5, 5.41) is 16.2. The summed E-state index contributed by atoms with van der Waals surface area (Å²) in [5.74, 6) is 0.212. The van der Waals surface area contributed by atoms with Crippen molar-refractivity contribution in [2.45, 2.75) is 32.4 Å². The van der Waals surface area contributed by atoms with Gasteiger partial charge in [0.15, 0.2) is 0 Å². The number of hydrogen-bond acceptors (Lipinski definition) is 6. The van der Waals surface area contributed by atoms with Crippen LogP contribution in [0.2, 0.25) is 0 Å². The number of alkyl halides is 2. The summed E-state index contributed by atoms with van der Waals surface area (Å²) in [4.78, 5) is 15.9. The van der Waals surface area contributed by atoms with Crippen LogP contribution in [0.25, 0.3) is 22.8 Å². The number of nitriles is 1. The zero-order valence-electron chi connectivity index (χ0n) is 15.9. The number of amides is 1. The number of benzene rings is 2. The molecule has 0 saturated heterocycles. The van der Waals surface area contributed by atoms with Crippen molar-refractivity contribution in [2.24, 2.45) is 0 Å². The Bertz CT molecular complexity index is 1150. The van der Waals surface area contributed by atoms with E-state index in [0.717, 1.165) is 29.5 Å². The Balaban J connectivity index is 1.66. The average molecular weight is 410 g/mol. The molecule has 1 heterocycles. The molecule has 1 aromatic heterocycles. The number of halogens is 2. The predicted octanol–water partition coefficient (Wildman–Crippen LogP) is 4.00. The van der Waals surface area contributed by atoms with Gasteiger partial charge in [-0.15, -0.1) is 0 Å². The van der Waals surface area contributed by atoms with Crippen LogP contribution >= 0.6 is 0 Å². The molecule has 1 aliphatic rings. The maximum Gasteiger partial charge on any atom is 0.387 e. The minimum atomic E-state index is -3.03. The molecule has 0 bridgehead atoms. The van der Waals surface area contributed by atoms with Gasteiger partial charge in [0.25, 0.3) is 5.89 Å². The molecule has 1 atom stereocenters. The third-order valence-electron chi connectivity index (χ3n) is 4.88. The van der Waals surface area contributed by atoms with Crippen molar-refractivity contribution in [3.63, 3.8) is 0 Å². The Morgan fingerprint density at radius 2 is 2.20 bits per heavy atom. The summed E-state index contributed by atoms with van der Waals surface area (Å²) >= 11 is 0. The van der Waals surface area contributed by atoms with Crippen molar-refractivity contribution in [3.8, 4) is 34.7 Å². The number of fused-ring (bicyclic) bond motifs is 1. The van der Waals surface area contributed by atoms with Crippen LogP contribution in [-0.4, -0.2) is 22.7 Å². The smallest absolute Gasteiger partial charge is 0.387 e. The van der Waals surface area contributed by atoms with Crippen molar-refractivity contribution >= 4 is 5.91 Å². The van der Waals surface area contributed by atoms with E-state index in [-0.39, 0.29) is 29.2 Å². The largest absolute Gasteiger partial charge is 0.433 e. The fraction of sp³-hybridized carbons (Fsp3) is 0.238. The maximum atomic E-state index is 12.5. The maximum absolute atomic E-state index is 12.5. The molecular formula is C21H16F2N4O3. The molecule has 152 valence electrons. The standard InChI is InChI=1S/C21H16F2N4O3/c1-11(28)25-17-7-6-14-15(17)3-2-4-16(14)19-26-20(30-27-19)12-5-8-18(29-21(22)23)13(9-12)10-24/h2-5,8-9,17,21H,6-7H2,1H3,(H,25,28)/t17-/m0/s1. The lowest BCUT2D eigenvalue weighted by atomic mass is 10.0. The van der Waals surface area contributed by atoms with Crippen LogP contribution in [0.15, 0.2) is 40.9 Å². The zero-order valence-corrected chi connectivity index (χ0v) is 15.9. The highest BCUT2D eigenvalue weighted by atomic mass is 19.3. The van der Waals surface area contributed by atoms with Gasteiger partial charge in [-0.2, -0.15) is 19.0 Å². The number of ether oxygens (including phenoxy) is 1. The first-order chi connectivity index (χ1) is 14.5. The summed E-state index contributed by atoms with van der Waals surface area (Å²) in [5.41, 5.74) is 3.21. The fourth-order valence-corrected chi connectivity index (χ4v) is 3.66. The van der Waals surface area contributed by atoms with Gasteiger partial charge in [-0.1, -0.05) is 23.4 Å². The molecule has 30 heavy (non-hydrogen) atoms. The van der Waals surface area contributed by atoms with Gasteiger partial charge >= 0.3 is 6.61 Å². The molecule has 0 saturated carbocycles. The van der Waals surface area contributed by atoms with Crippen molar-refractivity contribution in [2.75, 3.05) is 0 Å². The van der Waals surface area contributed by atoms with Crippen LogP contribution < -0.4 is 10.1 Å². The van der Waals surface area contributed by atoms with Crippen LogP contribution in [0, 0.1) is 11.3 Å². The van der Waals surface area contributed by atoms with Gasteiger partial charge in [-0.3, -0.25) is 4.79 Å². The Labute approximate surface area is 170 Å². The summed E-state index contributed by atoms with van der Waals surface area (Å²) in [6.45, 7) is -1.54. The van der Waals surface area contributed by atoms with E-state index in [2.05, 4.69) is 20.2 Å². The highest BCUT2D eigenvalue weighted by Crippen LogP contribution is 2.37. The van der Waals surface area contributed by atoms with Crippen molar-refractivity contribution in [1.29, 1.82) is 5.26 Å². The second-order valence-corrected chi connectivity index (χ2v) is 6.79. The van der Waals surface area contributed by atoms with Crippen LogP contribution in [0.5, 0.6) is 5.75 Å². The second-order valence-electron chi connectivity index (χ2n) is 6.79. The van der Waals surface area contributed by atoms with E-state index in [4.69, 9.17) is 4.52 Å². The van der Waals surface area contributed by atoms with Crippen LogP contribution in [0.4, 0.5) is 8.78 Å². The fourth-order valence-electron chi connectivity index (χ4n) is 3.66. The summed E-state index contributed by atoms with van der Waals surface area (Å²) < 4.78 is 34.6. The van der Waals surface area contributed by atoms with Crippen LogP contribution in [0.1, 0.15) is 36.1 Å². The normalized spacial score (nSPS) is 15.0. The van der Waals surface area contributed by atoms with Crippen molar-refractivity contribution < 1.29 is 22.8 Å². The molecular weight excluding hydrogens is 394 g/mol. The van der Waals surface area contributed by atoms with Gasteiger partial charge < -0.3 is 14.6 Å². The summed E-state index contributed by atoms with van der Waals surface area (Å²) in [6, 6.07) is 11.6. The molecule has 1 amide bonds. The number of rotatable bonds is 5. The molecule has 0 spiro atoms. The molecule has 9 heteroatoms. The van der Waals surface area contributed by atoms with E-state index in [9.17, 15) is 18.8 Å². The van der Waals surface area contributed by atoms with Crippen LogP contribution in [0.3, 0.4) is 0 Å². The van der Waals surface area contributed by atoms with Crippen LogP contribution in [-0.2, 0) is 11.2 Å². The molecule has 3 aromatic rings. The quantitative estimate of drug-likeness (QED) is 0.682. The zero-order chi connectivity index (χ0) is 21.3. The summed E-state index contributed by atoms with van der Waals surface area (Å²) in [7, 11) is 0. The van der Waals surface area contributed by atoms with E-state index < -0.39 is 6.61 Å². The molecule has 0 aliphatic heterocycles. The number of hydrogen-bond donors (Lipinski definition) is 1. The molecule has 1 N–H and O–H groups in total. The number of nitrogens with one attached hydrogen (secondary N) is 1. The van der Waals surface area contributed by atoms with Gasteiger partial charge in [0.2, 0.25) is 11.7 Å². The van der Waals surface area contributed by atoms with Gasteiger partial charge in [-0.25, -0.2) is 0 Å². The lowest BCUT2D eigenvalue weighted by Crippen LogP contribution is -2.24. The van der Waals surface area contributed by atoms with Gasteiger partial charge in [0.1, 0.15) is 11.8 Å². The molecule has 0 unspecified atom stereocenters. The Hall–Kier alpha value is -3.80. The van der Waals surface area contributed by atoms with E-state index in [1.54, 1.807) is 0 Å². The molecule has 2 aromatic carbocycles. The monoisotopic (exact) mass is 410 g/mol. The summed E-state index contributed by atoms with van der Waals surface area (Å²) in [6.07, 6.45) is 1.55. The first-order valence-corrected chi connectivity index (χ1v) is 9.18. The van der Waals surface area contributed by atoms with Gasteiger partial charge in [-0.05, 0) is 42.2 Å². The lowest BCUT2D eigenvalue weighted by molar-refractivity contribution is -0.119. The Morgan fingerprint density at radius 1 is 1.37 bits per heavy atom. The molecule has 1 aliphatic carbocycles. The van der Waals surface area contributed by atoms with Gasteiger partial charge in [0, 0.05) is 18.1 Å². The number of aromatic nitrogens is 2. The molecule has 7 nitrogen and oxygen atoms in total. The van der Waals surface area contributed by atoms with Crippen molar-refractivity contribution in [3.05, 3.63) is 53.1 Å². The lowest BCUT2D eigenvalue weighted by Gasteiger charge is -2.12. The van der Waals surface area contributed by atoms with E-state index >= 15 is 0 Å². The van der Waals surface area contributed by atoms with E-state index in [0.29, 0.717) is 11.4 Å². The topological polar surface area (TPSA) is 101 Å². The van der Waals surface area contributed by atoms with E-state index in [1.165, 1.54) is 25.1 Å². The third kappa shape index (κ3) is 3.72. The first kappa shape index (κ1) is 19.5. The number of carbonyl (C=O) groups excluding carboxylic acids is 1. The SMILES string of the molecule is CC(=O)N[C@H]1CCc2c(-c3noc(-c4ccc(OC(F)F)c(C#N)c4)n3)cccc21.